The molecule has 1 aromatic carbocycles. The van der Waals surface area contributed by atoms with Gasteiger partial charge in [0.15, 0.2) is 0 Å². The maximum absolute atomic E-state index is 12.9. The number of aromatic nitrogens is 1. The molecule has 0 aliphatic carbocycles. The summed E-state index contributed by atoms with van der Waals surface area (Å²) in [5.74, 6) is -0.132. The number of sulfonamides is 1. The Morgan fingerprint density at radius 3 is 2.50 bits per heavy atom. The lowest BCUT2D eigenvalue weighted by atomic mass is 9.97. The van der Waals surface area contributed by atoms with Gasteiger partial charge in [-0.15, -0.1) is 0 Å². The van der Waals surface area contributed by atoms with Gasteiger partial charge in [-0.25, -0.2) is 17.5 Å². The zero-order chi connectivity index (χ0) is 18.4. The van der Waals surface area contributed by atoms with Crippen molar-refractivity contribution in [3.63, 3.8) is 0 Å². The topological polar surface area (TPSA) is 62.3 Å². The third-order valence-corrected chi connectivity index (χ3v) is 6.02. The van der Waals surface area contributed by atoms with E-state index in [1.54, 1.807) is 6.20 Å². The summed E-state index contributed by atoms with van der Waals surface area (Å²) in [6.45, 7) is 3.26. The van der Waals surface area contributed by atoms with E-state index in [0.29, 0.717) is 18.0 Å². The van der Waals surface area contributed by atoms with E-state index in [1.807, 2.05) is 12.3 Å². The summed E-state index contributed by atoms with van der Waals surface area (Å²) in [7, 11) is -3.40. The Morgan fingerprint density at radius 1 is 1.12 bits per heavy atom. The standard InChI is InChI=1S/C19H24FN3O2S/c20-19-5-3-17(4-6-19)15-26(24,25)22-13-16-7-10-23(11-8-16)14-18-2-1-9-21-12-18/h1-6,9,12,16,22H,7-8,10-11,13-15H2. The molecule has 1 aliphatic rings. The Morgan fingerprint density at radius 2 is 1.85 bits per heavy atom. The van der Waals surface area contributed by atoms with Crippen LogP contribution in [0.3, 0.4) is 0 Å². The maximum atomic E-state index is 12.9. The van der Waals surface area contributed by atoms with Crippen molar-refractivity contribution in [3.05, 3.63) is 65.7 Å². The molecule has 1 N–H and O–H groups in total. The second-order valence-electron chi connectivity index (χ2n) is 6.81. The van der Waals surface area contributed by atoms with Crippen molar-refractivity contribution in [1.29, 1.82) is 0 Å². The van der Waals surface area contributed by atoms with Gasteiger partial charge in [-0.2, -0.15) is 0 Å². The number of nitrogens with zero attached hydrogens (tertiary/aromatic N) is 2. The zero-order valence-corrected chi connectivity index (χ0v) is 15.5. The van der Waals surface area contributed by atoms with Gasteiger partial charge in [0.1, 0.15) is 5.82 Å². The van der Waals surface area contributed by atoms with Gasteiger partial charge in [0.05, 0.1) is 5.75 Å². The quantitative estimate of drug-likeness (QED) is 0.806. The van der Waals surface area contributed by atoms with Crippen LogP contribution in [0.15, 0.2) is 48.8 Å². The molecule has 0 unspecified atom stereocenters. The summed E-state index contributed by atoms with van der Waals surface area (Å²) >= 11 is 0. The summed E-state index contributed by atoms with van der Waals surface area (Å²) in [6.07, 6.45) is 5.60. The molecule has 1 fully saturated rings. The van der Waals surface area contributed by atoms with Crippen molar-refractivity contribution >= 4 is 10.0 Å². The minimum Gasteiger partial charge on any atom is -0.299 e. The molecule has 7 heteroatoms. The van der Waals surface area contributed by atoms with Crippen molar-refractivity contribution < 1.29 is 12.8 Å². The predicted octanol–water partition coefficient (Wildman–Crippen LogP) is 2.55. The first-order valence-electron chi connectivity index (χ1n) is 8.83. The summed E-state index contributed by atoms with van der Waals surface area (Å²) in [5, 5.41) is 0. The molecule has 3 rings (SSSR count). The first kappa shape index (κ1) is 18.9. The van der Waals surface area contributed by atoms with Gasteiger partial charge in [-0.05, 0) is 61.2 Å². The summed E-state index contributed by atoms with van der Waals surface area (Å²) in [6, 6.07) is 9.59. The molecule has 0 amide bonds. The minimum absolute atomic E-state index is 0.118. The van der Waals surface area contributed by atoms with Gasteiger partial charge in [-0.1, -0.05) is 18.2 Å². The van der Waals surface area contributed by atoms with E-state index >= 15 is 0 Å². The molecule has 1 aromatic heterocycles. The van der Waals surface area contributed by atoms with E-state index < -0.39 is 10.0 Å². The molecule has 2 aromatic rings. The number of pyridine rings is 1. The highest BCUT2D eigenvalue weighted by Crippen LogP contribution is 2.18. The van der Waals surface area contributed by atoms with Gasteiger partial charge in [0, 0.05) is 25.5 Å². The highest BCUT2D eigenvalue weighted by molar-refractivity contribution is 7.88. The summed E-state index contributed by atoms with van der Waals surface area (Å²) in [4.78, 5) is 6.51. The molecule has 5 nitrogen and oxygen atoms in total. The molecule has 1 saturated heterocycles. The number of nitrogens with one attached hydrogen (secondary N) is 1. The van der Waals surface area contributed by atoms with Crippen LogP contribution >= 0.6 is 0 Å². The minimum atomic E-state index is -3.40. The SMILES string of the molecule is O=S(=O)(Cc1ccc(F)cc1)NCC1CCN(Cc2cccnc2)CC1. The number of piperidine rings is 1. The molecular formula is C19H24FN3O2S. The van der Waals surface area contributed by atoms with Gasteiger partial charge in [-0.3, -0.25) is 9.88 Å². The fourth-order valence-corrected chi connectivity index (χ4v) is 4.42. The van der Waals surface area contributed by atoms with Crippen molar-refractivity contribution in [1.82, 2.24) is 14.6 Å². The van der Waals surface area contributed by atoms with Crippen molar-refractivity contribution in [2.45, 2.75) is 25.1 Å². The Hall–Kier alpha value is -1.83. The van der Waals surface area contributed by atoms with Crippen LogP contribution in [-0.4, -0.2) is 37.9 Å². The van der Waals surface area contributed by atoms with Gasteiger partial charge in [0.2, 0.25) is 10.0 Å². The molecular weight excluding hydrogens is 353 g/mol. The van der Waals surface area contributed by atoms with Crippen LogP contribution in [-0.2, 0) is 22.3 Å². The Balaban J connectivity index is 1.42. The second-order valence-corrected chi connectivity index (χ2v) is 8.62. The number of hydrogen-bond donors (Lipinski definition) is 1. The molecule has 0 bridgehead atoms. The number of likely N-dealkylation sites (tertiary alicyclic amines) is 1. The van der Waals surface area contributed by atoms with E-state index in [2.05, 4.69) is 20.7 Å². The average molecular weight is 377 g/mol. The average Bonchev–Trinajstić information content (AvgIpc) is 2.64. The molecule has 1 aliphatic heterocycles. The van der Waals surface area contributed by atoms with Crippen LogP contribution in [0.25, 0.3) is 0 Å². The third kappa shape index (κ3) is 5.86. The lowest BCUT2D eigenvalue weighted by Crippen LogP contribution is -2.38. The monoisotopic (exact) mass is 377 g/mol. The van der Waals surface area contributed by atoms with Crippen LogP contribution < -0.4 is 4.72 Å². The summed E-state index contributed by atoms with van der Waals surface area (Å²) < 4.78 is 40.0. The fourth-order valence-electron chi connectivity index (χ4n) is 3.19. The molecule has 0 radical (unpaired) electrons. The fraction of sp³-hybridized carbons (Fsp3) is 0.421. The number of halogens is 1. The van der Waals surface area contributed by atoms with Crippen molar-refractivity contribution in [3.8, 4) is 0 Å². The van der Waals surface area contributed by atoms with Crippen LogP contribution in [0.1, 0.15) is 24.0 Å². The molecule has 0 saturated carbocycles. The molecule has 2 heterocycles. The highest BCUT2D eigenvalue weighted by atomic mass is 32.2. The van der Waals surface area contributed by atoms with Gasteiger partial charge in [0.25, 0.3) is 0 Å². The highest BCUT2D eigenvalue weighted by Gasteiger charge is 2.21. The zero-order valence-electron chi connectivity index (χ0n) is 14.6. The Kier molecular flexibility index (Phi) is 6.34. The largest absolute Gasteiger partial charge is 0.299 e. The maximum Gasteiger partial charge on any atom is 0.215 e. The molecule has 140 valence electrons. The molecule has 0 atom stereocenters. The van der Waals surface area contributed by atoms with Crippen LogP contribution in [0.4, 0.5) is 4.39 Å². The van der Waals surface area contributed by atoms with Crippen LogP contribution in [0.5, 0.6) is 0 Å². The number of rotatable bonds is 7. The van der Waals surface area contributed by atoms with E-state index in [4.69, 9.17) is 0 Å². The van der Waals surface area contributed by atoms with Crippen LogP contribution in [0, 0.1) is 11.7 Å². The number of hydrogen-bond acceptors (Lipinski definition) is 4. The third-order valence-electron chi connectivity index (χ3n) is 4.70. The van der Waals surface area contributed by atoms with Gasteiger partial charge >= 0.3 is 0 Å². The lowest BCUT2D eigenvalue weighted by molar-refractivity contribution is 0.178. The van der Waals surface area contributed by atoms with E-state index in [-0.39, 0.29) is 11.6 Å². The van der Waals surface area contributed by atoms with Crippen molar-refractivity contribution in [2.75, 3.05) is 19.6 Å². The van der Waals surface area contributed by atoms with Crippen molar-refractivity contribution in [2.24, 2.45) is 5.92 Å². The Labute approximate surface area is 154 Å². The van der Waals surface area contributed by atoms with Crippen LogP contribution in [0.2, 0.25) is 0 Å². The lowest BCUT2D eigenvalue weighted by Gasteiger charge is -2.31. The molecule has 0 spiro atoms. The summed E-state index contributed by atoms with van der Waals surface area (Å²) in [5.41, 5.74) is 1.79. The normalized spacial score (nSPS) is 16.7. The van der Waals surface area contributed by atoms with E-state index in [9.17, 15) is 12.8 Å². The Bertz CT molecular complexity index is 789. The first-order chi connectivity index (χ1) is 12.5. The van der Waals surface area contributed by atoms with E-state index in [0.717, 1.165) is 32.5 Å². The van der Waals surface area contributed by atoms with E-state index in [1.165, 1.54) is 29.8 Å². The second kappa shape index (κ2) is 8.70. The van der Waals surface area contributed by atoms with Gasteiger partial charge < -0.3 is 0 Å². The first-order valence-corrected chi connectivity index (χ1v) is 10.5. The smallest absolute Gasteiger partial charge is 0.215 e. The molecule has 26 heavy (non-hydrogen) atoms. The predicted molar refractivity (Wildman–Crippen MR) is 99.3 cm³/mol. The number of benzene rings is 1.